The molecule has 1 fully saturated rings. The molecule has 1 heterocycles. The van der Waals surface area contributed by atoms with E-state index in [9.17, 15) is 14.0 Å². The molecule has 1 aromatic carbocycles. The summed E-state index contributed by atoms with van der Waals surface area (Å²) in [6.45, 7) is 0.485. The number of hydrogen-bond donors (Lipinski definition) is 0. The normalized spacial score (nSPS) is 20.2. The number of benzene rings is 1. The Morgan fingerprint density at radius 3 is 2.67 bits per heavy atom. The lowest BCUT2D eigenvalue weighted by molar-refractivity contribution is -0.114. The number of rotatable bonds is 3. The third-order valence-corrected chi connectivity index (χ3v) is 4.86. The van der Waals surface area contributed by atoms with Gasteiger partial charge in [0.05, 0.1) is 11.3 Å². The smallest absolute Gasteiger partial charge is 0.299 e. The summed E-state index contributed by atoms with van der Waals surface area (Å²) >= 11 is 3.43. The van der Waals surface area contributed by atoms with Gasteiger partial charge in [-0.15, -0.1) is 0 Å². The zero-order valence-electron chi connectivity index (χ0n) is 9.58. The van der Waals surface area contributed by atoms with Crippen LogP contribution < -0.4 is 4.90 Å². The van der Waals surface area contributed by atoms with Gasteiger partial charge in [0.15, 0.2) is 0 Å². The fraction of sp³-hybridized carbons (Fsp3) is 0.385. The van der Waals surface area contributed by atoms with E-state index in [0.717, 1.165) is 18.2 Å². The lowest BCUT2D eigenvalue weighted by atomic mass is 10.1. The van der Waals surface area contributed by atoms with Crippen LogP contribution in [0.2, 0.25) is 0 Å². The molecular formula is C13H11BrFNO2. The van der Waals surface area contributed by atoms with Crippen LogP contribution in [0.25, 0.3) is 0 Å². The Bertz CT molecular complexity index is 554. The number of carbonyl (C=O) groups excluding carboxylic acids is 2. The first-order chi connectivity index (χ1) is 8.56. The van der Waals surface area contributed by atoms with E-state index in [1.165, 1.54) is 23.1 Å². The molecule has 0 bridgehead atoms. The molecule has 1 aromatic rings. The summed E-state index contributed by atoms with van der Waals surface area (Å²) in [5.41, 5.74) is 0.785. The molecule has 2 aliphatic rings. The quantitative estimate of drug-likeness (QED) is 0.635. The van der Waals surface area contributed by atoms with Crippen LogP contribution in [-0.2, 0) is 4.79 Å². The molecule has 5 heteroatoms. The van der Waals surface area contributed by atoms with E-state index in [-0.39, 0.29) is 5.41 Å². The maximum atomic E-state index is 13.3. The molecule has 0 unspecified atom stereocenters. The Labute approximate surface area is 112 Å². The Kier molecular flexibility index (Phi) is 2.55. The fourth-order valence-electron chi connectivity index (χ4n) is 2.27. The van der Waals surface area contributed by atoms with Crippen LogP contribution in [-0.4, -0.2) is 23.6 Å². The van der Waals surface area contributed by atoms with Gasteiger partial charge in [-0.05, 0) is 36.5 Å². The molecule has 18 heavy (non-hydrogen) atoms. The molecule has 3 nitrogen and oxygen atoms in total. The third-order valence-electron chi connectivity index (χ3n) is 3.67. The second-order valence-corrected chi connectivity index (χ2v) is 5.58. The van der Waals surface area contributed by atoms with Crippen LogP contribution in [0.4, 0.5) is 10.1 Å². The molecule has 1 aliphatic heterocycles. The van der Waals surface area contributed by atoms with Crippen LogP contribution in [0.1, 0.15) is 23.2 Å². The molecule has 0 radical (unpaired) electrons. The highest BCUT2D eigenvalue weighted by atomic mass is 79.9. The maximum Gasteiger partial charge on any atom is 0.299 e. The zero-order chi connectivity index (χ0) is 12.9. The largest absolute Gasteiger partial charge is 0.304 e. The van der Waals surface area contributed by atoms with E-state index in [1.54, 1.807) is 0 Å². The molecule has 0 N–H and O–H groups in total. The predicted octanol–water partition coefficient (Wildman–Crippen LogP) is 2.53. The van der Waals surface area contributed by atoms with Crippen molar-refractivity contribution < 1.29 is 14.0 Å². The van der Waals surface area contributed by atoms with Gasteiger partial charge in [-0.2, -0.15) is 0 Å². The zero-order valence-corrected chi connectivity index (χ0v) is 11.2. The molecule has 0 saturated heterocycles. The van der Waals surface area contributed by atoms with Gasteiger partial charge < -0.3 is 4.90 Å². The summed E-state index contributed by atoms with van der Waals surface area (Å²) in [7, 11) is 0. The van der Waals surface area contributed by atoms with Crippen LogP contribution in [0, 0.1) is 11.2 Å². The van der Waals surface area contributed by atoms with Crippen molar-refractivity contribution in [3.8, 4) is 0 Å². The van der Waals surface area contributed by atoms with Crippen molar-refractivity contribution in [3.63, 3.8) is 0 Å². The minimum absolute atomic E-state index is 0.0594. The first-order valence-electron chi connectivity index (χ1n) is 5.78. The summed E-state index contributed by atoms with van der Waals surface area (Å²) in [5.74, 6) is -1.50. The number of nitrogens with zero attached hydrogens (tertiary/aromatic N) is 1. The van der Waals surface area contributed by atoms with E-state index in [1.807, 2.05) is 0 Å². The van der Waals surface area contributed by atoms with Crippen LogP contribution in [0.3, 0.4) is 0 Å². The molecule has 0 aromatic heterocycles. The van der Waals surface area contributed by atoms with Crippen molar-refractivity contribution in [2.45, 2.75) is 12.8 Å². The van der Waals surface area contributed by atoms with Crippen molar-refractivity contribution in [2.75, 3.05) is 16.8 Å². The molecule has 0 spiro atoms. The van der Waals surface area contributed by atoms with Gasteiger partial charge in [-0.25, -0.2) is 4.39 Å². The van der Waals surface area contributed by atoms with Crippen LogP contribution >= 0.6 is 15.9 Å². The highest BCUT2D eigenvalue weighted by molar-refractivity contribution is 9.09. The highest BCUT2D eigenvalue weighted by Gasteiger charge is 2.47. The summed E-state index contributed by atoms with van der Waals surface area (Å²) in [4.78, 5) is 25.1. The van der Waals surface area contributed by atoms with Crippen molar-refractivity contribution >= 4 is 33.3 Å². The van der Waals surface area contributed by atoms with Crippen molar-refractivity contribution in [1.82, 2.24) is 0 Å². The number of amides is 1. The van der Waals surface area contributed by atoms with E-state index in [0.29, 0.717) is 17.8 Å². The number of halogens is 2. The van der Waals surface area contributed by atoms with Gasteiger partial charge >= 0.3 is 0 Å². The van der Waals surface area contributed by atoms with Crippen molar-refractivity contribution in [3.05, 3.63) is 29.6 Å². The first kappa shape index (κ1) is 11.8. The lowest BCUT2D eigenvalue weighted by Crippen LogP contribution is -2.35. The van der Waals surface area contributed by atoms with Crippen LogP contribution in [0.5, 0.6) is 0 Å². The van der Waals surface area contributed by atoms with Gasteiger partial charge in [0.1, 0.15) is 5.82 Å². The number of Topliss-reactive ketones (excluding diaryl/α,β-unsaturated/α-hetero) is 1. The van der Waals surface area contributed by atoms with E-state index >= 15 is 0 Å². The first-order valence-corrected chi connectivity index (χ1v) is 6.90. The number of carbonyl (C=O) groups is 2. The number of hydrogen-bond acceptors (Lipinski definition) is 2. The number of fused-ring (bicyclic) bond motifs is 1. The Balaban J connectivity index is 1.99. The molecule has 94 valence electrons. The number of alkyl halides is 1. The van der Waals surface area contributed by atoms with E-state index in [4.69, 9.17) is 0 Å². The summed E-state index contributed by atoms with van der Waals surface area (Å²) in [6, 6.07) is 3.87. The molecule has 3 rings (SSSR count). The average molecular weight is 312 g/mol. The lowest BCUT2D eigenvalue weighted by Gasteiger charge is -2.22. The van der Waals surface area contributed by atoms with Gasteiger partial charge in [0.2, 0.25) is 0 Å². The summed E-state index contributed by atoms with van der Waals surface area (Å²) < 4.78 is 13.3. The SMILES string of the molecule is O=C1C(=O)N(CC2(CBr)CC2)c2cc(F)ccc21. The second kappa shape index (κ2) is 3.88. The van der Waals surface area contributed by atoms with Gasteiger partial charge in [0.25, 0.3) is 11.7 Å². The van der Waals surface area contributed by atoms with Gasteiger partial charge in [0, 0.05) is 11.9 Å². The molecule has 1 amide bonds. The van der Waals surface area contributed by atoms with Gasteiger partial charge in [-0.3, -0.25) is 9.59 Å². The Hall–Kier alpha value is -1.23. The van der Waals surface area contributed by atoms with Gasteiger partial charge in [-0.1, -0.05) is 15.9 Å². The Morgan fingerprint density at radius 1 is 1.33 bits per heavy atom. The minimum Gasteiger partial charge on any atom is -0.304 e. The topological polar surface area (TPSA) is 37.4 Å². The van der Waals surface area contributed by atoms with Crippen molar-refractivity contribution in [2.24, 2.45) is 5.41 Å². The summed E-state index contributed by atoms with van der Waals surface area (Å²) in [6.07, 6.45) is 2.06. The maximum absolute atomic E-state index is 13.3. The number of anilines is 1. The summed E-state index contributed by atoms with van der Waals surface area (Å²) in [5, 5.41) is 0.794. The predicted molar refractivity (Wildman–Crippen MR) is 68.5 cm³/mol. The minimum atomic E-state index is -0.539. The molecule has 1 saturated carbocycles. The standard InChI is InChI=1S/C13H11BrFNO2/c14-6-13(3-4-13)7-16-10-5-8(15)1-2-9(10)11(17)12(16)18/h1-2,5H,3-4,6-7H2. The van der Waals surface area contributed by atoms with Crippen LogP contribution in [0.15, 0.2) is 18.2 Å². The monoisotopic (exact) mass is 311 g/mol. The fourth-order valence-corrected chi connectivity index (χ4v) is 3.01. The van der Waals surface area contributed by atoms with E-state index in [2.05, 4.69) is 15.9 Å². The highest BCUT2D eigenvalue weighted by Crippen LogP contribution is 2.49. The molecule has 0 atom stereocenters. The second-order valence-electron chi connectivity index (χ2n) is 5.02. The molecular weight excluding hydrogens is 301 g/mol. The average Bonchev–Trinajstić information content (AvgIpc) is 3.10. The van der Waals surface area contributed by atoms with E-state index < -0.39 is 17.5 Å². The Morgan fingerprint density at radius 2 is 2.06 bits per heavy atom. The molecule has 1 aliphatic carbocycles. The number of ketones is 1. The van der Waals surface area contributed by atoms with Crippen molar-refractivity contribution in [1.29, 1.82) is 0 Å². The third kappa shape index (κ3) is 1.68.